The van der Waals surface area contributed by atoms with Crippen LogP contribution in [0.4, 0.5) is 0 Å². The van der Waals surface area contributed by atoms with Crippen LogP contribution in [0.25, 0.3) is 0 Å². The Bertz CT molecular complexity index is 222. The molecule has 0 spiro atoms. The first kappa shape index (κ1) is 9.16. The Morgan fingerprint density at radius 1 is 1.64 bits per heavy atom. The second-order valence-electron chi connectivity index (χ2n) is 2.59. The molecule has 1 rings (SSSR count). The van der Waals surface area contributed by atoms with Gasteiger partial charge in [-0.25, -0.2) is 4.98 Å². The lowest BCUT2D eigenvalue weighted by molar-refractivity contribution is 0.406. The minimum atomic E-state index is 0.866. The number of hydrogen-bond acceptors (Lipinski definition) is 3. The molecule has 0 atom stereocenters. The maximum atomic E-state index is 4.23. The Hall–Kier alpha value is 0.0700. The van der Waals surface area contributed by atoms with Gasteiger partial charge in [0.2, 0.25) is 0 Å². The molecule has 0 amide bonds. The summed E-state index contributed by atoms with van der Waals surface area (Å²) in [5, 5.41) is 2.02. The molecule has 62 valence electrons. The highest BCUT2D eigenvalue weighted by molar-refractivity contribution is 9.08. The van der Waals surface area contributed by atoms with E-state index in [0.29, 0.717) is 0 Å². The standard InChI is InChI=1S/C7H11BrN2S/c1-10(2)5-6-4-9-7(3-8)11-6/h4H,3,5H2,1-2H3. The van der Waals surface area contributed by atoms with E-state index in [2.05, 4.69) is 39.9 Å². The molecule has 0 N–H and O–H groups in total. The fourth-order valence-corrected chi connectivity index (χ4v) is 2.17. The van der Waals surface area contributed by atoms with Gasteiger partial charge in [-0.05, 0) is 14.1 Å². The fourth-order valence-electron chi connectivity index (χ4n) is 0.795. The number of nitrogens with zero attached hydrogens (tertiary/aromatic N) is 2. The van der Waals surface area contributed by atoms with Crippen LogP contribution in [0.5, 0.6) is 0 Å². The highest BCUT2D eigenvalue weighted by atomic mass is 79.9. The quantitative estimate of drug-likeness (QED) is 0.746. The van der Waals surface area contributed by atoms with Gasteiger partial charge in [-0.3, -0.25) is 0 Å². The molecule has 0 aliphatic heterocycles. The van der Waals surface area contributed by atoms with Crippen molar-refractivity contribution in [2.45, 2.75) is 11.9 Å². The van der Waals surface area contributed by atoms with E-state index < -0.39 is 0 Å². The Kier molecular flexibility index (Phi) is 3.48. The number of hydrogen-bond donors (Lipinski definition) is 0. The van der Waals surface area contributed by atoms with Crippen molar-refractivity contribution in [3.63, 3.8) is 0 Å². The molecule has 1 aromatic heterocycles. The molecule has 0 aliphatic carbocycles. The summed E-state index contributed by atoms with van der Waals surface area (Å²) in [4.78, 5) is 7.70. The van der Waals surface area contributed by atoms with Gasteiger partial charge in [0.1, 0.15) is 5.01 Å². The summed E-state index contributed by atoms with van der Waals surface area (Å²) in [5.41, 5.74) is 0. The Balaban J connectivity index is 2.58. The number of alkyl halides is 1. The van der Waals surface area contributed by atoms with Gasteiger partial charge in [0.05, 0.1) is 5.33 Å². The molecule has 0 radical (unpaired) electrons. The predicted octanol–water partition coefficient (Wildman–Crippen LogP) is 2.10. The van der Waals surface area contributed by atoms with E-state index in [1.165, 1.54) is 4.88 Å². The molecule has 0 saturated carbocycles. The number of thiazole rings is 1. The second kappa shape index (κ2) is 4.18. The minimum absolute atomic E-state index is 0.866. The first-order chi connectivity index (χ1) is 5.22. The summed E-state index contributed by atoms with van der Waals surface area (Å²) in [6.07, 6.45) is 1.95. The zero-order valence-corrected chi connectivity index (χ0v) is 9.07. The molecule has 0 aliphatic rings. The topological polar surface area (TPSA) is 16.1 Å². The van der Waals surface area contributed by atoms with Gasteiger partial charge in [0, 0.05) is 17.6 Å². The van der Waals surface area contributed by atoms with Crippen LogP contribution in [-0.2, 0) is 11.9 Å². The molecule has 0 unspecified atom stereocenters. The smallest absolute Gasteiger partial charge is 0.103 e. The van der Waals surface area contributed by atoms with Crippen molar-refractivity contribution in [2.75, 3.05) is 14.1 Å². The molecular formula is C7H11BrN2S. The van der Waals surface area contributed by atoms with E-state index in [0.717, 1.165) is 16.9 Å². The molecule has 0 fully saturated rings. The number of rotatable bonds is 3. The average Bonchev–Trinajstić information content (AvgIpc) is 2.34. The lowest BCUT2D eigenvalue weighted by atomic mass is 10.5. The van der Waals surface area contributed by atoms with Crippen molar-refractivity contribution >= 4 is 27.3 Å². The highest BCUT2D eigenvalue weighted by Crippen LogP contribution is 2.16. The maximum Gasteiger partial charge on any atom is 0.103 e. The maximum absolute atomic E-state index is 4.23. The summed E-state index contributed by atoms with van der Waals surface area (Å²) in [6.45, 7) is 0.991. The summed E-state index contributed by atoms with van der Waals surface area (Å²) in [7, 11) is 4.13. The van der Waals surface area contributed by atoms with Crippen LogP contribution in [0.2, 0.25) is 0 Å². The van der Waals surface area contributed by atoms with Crippen LogP contribution >= 0.6 is 27.3 Å². The molecule has 11 heavy (non-hydrogen) atoms. The van der Waals surface area contributed by atoms with Gasteiger partial charge in [-0.1, -0.05) is 15.9 Å². The first-order valence-electron chi connectivity index (χ1n) is 3.36. The monoisotopic (exact) mass is 234 g/mol. The lowest BCUT2D eigenvalue weighted by Gasteiger charge is -2.05. The van der Waals surface area contributed by atoms with E-state index in [1.807, 2.05) is 6.20 Å². The molecule has 0 aromatic carbocycles. The predicted molar refractivity (Wildman–Crippen MR) is 52.1 cm³/mol. The van der Waals surface area contributed by atoms with E-state index in [-0.39, 0.29) is 0 Å². The van der Waals surface area contributed by atoms with Crippen LogP contribution < -0.4 is 0 Å². The molecule has 1 aromatic rings. The van der Waals surface area contributed by atoms with Crippen molar-refractivity contribution in [3.8, 4) is 0 Å². The summed E-state index contributed by atoms with van der Waals surface area (Å²) >= 11 is 5.13. The van der Waals surface area contributed by atoms with Gasteiger partial charge in [-0.15, -0.1) is 11.3 Å². The third kappa shape index (κ3) is 2.89. The fraction of sp³-hybridized carbons (Fsp3) is 0.571. The van der Waals surface area contributed by atoms with Crippen molar-refractivity contribution in [1.29, 1.82) is 0 Å². The van der Waals surface area contributed by atoms with Gasteiger partial charge in [-0.2, -0.15) is 0 Å². The summed E-state index contributed by atoms with van der Waals surface area (Å²) < 4.78 is 0. The molecule has 4 heteroatoms. The molecule has 0 saturated heterocycles. The van der Waals surface area contributed by atoms with Crippen molar-refractivity contribution in [3.05, 3.63) is 16.1 Å². The zero-order chi connectivity index (χ0) is 8.27. The van der Waals surface area contributed by atoms with Crippen LogP contribution in [0, 0.1) is 0 Å². The normalized spacial score (nSPS) is 10.9. The minimum Gasteiger partial charge on any atom is -0.304 e. The van der Waals surface area contributed by atoms with E-state index >= 15 is 0 Å². The molecular weight excluding hydrogens is 224 g/mol. The highest BCUT2D eigenvalue weighted by Gasteiger charge is 2.00. The van der Waals surface area contributed by atoms with Crippen LogP contribution in [0.3, 0.4) is 0 Å². The van der Waals surface area contributed by atoms with E-state index in [1.54, 1.807) is 11.3 Å². The van der Waals surface area contributed by atoms with Crippen LogP contribution in [-0.4, -0.2) is 24.0 Å². The van der Waals surface area contributed by atoms with E-state index in [4.69, 9.17) is 0 Å². The van der Waals surface area contributed by atoms with Gasteiger partial charge in [0.15, 0.2) is 0 Å². The molecule has 1 heterocycles. The number of aromatic nitrogens is 1. The zero-order valence-electron chi connectivity index (χ0n) is 6.67. The third-order valence-electron chi connectivity index (χ3n) is 1.19. The summed E-state index contributed by atoms with van der Waals surface area (Å²) in [6, 6.07) is 0. The SMILES string of the molecule is CN(C)Cc1cnc(CBr)s1. The second-order valence-corrected chi connectivity index (χ2v) is 4.35. The largest absolute Gasteiger partial charge is 0.304 e. The average molecular weight is 235 g/mol. The molecule has 2 nitrogen and oxygen atoms in total. The Morgan fingerprint density at radius 3 is 2.82 bits per heavy atom. The van der Waals surface area contributed by atoms with E-state index in [9.17, 15) is 0 Å². The van der Waals surface area contributed by atoms with Crippen molar-refractivity contribution in [1.82, 2.24) is 9.88 Å². The Labute approximate surface area is 79.4 Å². The van der Waals surface area contributed by atoms with Crippen molar-refractivity contribution in [2.24, 2.45) is 0 Å². The van der Waals surface area contributed by atoms with Gasteiger partial charge < -0.3 is 4.90 Å². The first-order valence-corrected chi connectivity index (χ1v) is 5.30. The van der Waals surface area contributed by atoms with Gasteiger partial charge >= 0.3 is 0 Å². The lowest BCUT2D eigenvalue weighted by Crippen LogP contribution is -2.09. The van der Waals surface area contributed by atoms with Crippen molar-refractivity contribution < 1.29 is 0 Å². The van der Waals surface area contributed by atoms with Crippen LogP contribution in [0.15, 0.2) is 6.20 Å². The number of halogens is 1. The Morgan fingerprint density at radius 2 is 2.36 bits per heavy atom. The third-order valence-corrected chi connectivity index (χ3v) is 3.07. The van der Waals surface area contributed by atoms with Crippen LogP contribution in [0.1, 0.15) is 9.88 Å². The summed E-state index contributed by atoms with van der Waals surface area (Å²) in [5.74, 6) is 0. The molecule has 0 bridgehead atoms. The van der Waals surface area contributed by atoms with Gasteiger partial charge in [0.25, 0.3) is 0 Å².